The van der Waals surface area contributed by atoms with Crippen LogP contribution in [-0.2, 0) is 20.5 Å². The fraction of sp³-hybridized carbons (Fsp3) is 0.765. The summed E-state index contributed by atoms with van der Waals surface area (Å²) in [5.41, 5.74) is 6.27. The minimum Gasteiger partial charge on any atom is -0.364 e. The van der Waals surface area contributed by atoms with Gasteiger partial charge in [-0.15, -0.1) is 12.4 Å². The number of carbonyl (C=O) groups excluding carboxylic acids is 1. The molecule has 1 aromatic heterocycles. The molecule has 2 heterocycles. The van der Waals surface area contributed by atoms with E-state index in [0.29, 0.717) is 18.8 Å². The second-order valence-corrected chi connectivity index (χ2v) is 8.30. The van der Waals surface area contributed by atoms with Crippen LogP contribution in [0.25, 0.3) is 0 Å². The maximum atomic E-state index is 12.5. The van der Waals surface area contributed by atoms with Gasteiger partial charge in [-0.25, -0.2) is 4.68 Å². The lowest BCUT2D eigenvalue weighted by Gasteiger charge is -2.23. The quantitative estimate of drug-likeness (QED) is 0.870. The van der Waals surface area contributed by atoms with Gasteiger partial charge in [0.2, 0.25) is 0 Å². The molecule has 2 rings (SSSR count). The van der Waals surface area contributed by atoms with Crippen LogP contribution in [-0.4, -0.2) is 34.4 Å². The molecule has 0 aromatic carbocycles. The molecule has 1 aliphatic rings. The van der Waals surface area contributed by atoms with Crippen molar-refractivity contribution in [1.82, 2.24) is 9.78 Å². The van der Waals surface area contributed by atoms with E-state index >= 15 is 0 Å². The fourth-order valence-corrected chi connectivity index (χ4v) is 2.63. The molecule has 1 fully saturated rings. The maximum Gasteiger partial charge on any atom is 0.254 e. The zero-order chi connectivity index (χ0) is 17.4. The van der Waals surface area contributed by atoms with Crippen LogP contribution in [0.15, 0.2) is 6.07 Å². The minimum atomic E-state index is -0.426. The van der Waals surface area contributed by atoms with E-state index < -0.39 is 6.10 Å². The van der Waals surface area contributed by atoms with Gasteiger partial charge in [-0.2, -0.15) is 5.10 Å². The van der Waals surface area contributed by atoms with Crippen molar-refractivity contribution in [3.05, 3.63) is 11.8 Å². The molecule has 6 nitrogen and oxygen atoms in total. The molecule has 138 valence electrons. The first-order valence-corrected chi connectivity index (χ1v) is 8.30. The number of nitrogens with zero attached hydrogens (tertiary/aromatic N) is 2. The summed E-state index contributed by atoms with van der Waals surface area (Å²) in [5.74, 6) is 0.596. The summed E-state index contributed by atoms with van der Waals surface area (Å²) >= 11 is 0. The Kier molecular flexibility index (Phi) is 6.47. The van der Waals surface area contributed by atoms with Crippen LogP contribution >= 0.6 is 12.4 Å². The molecule has 0 aliphatic carbocycles. The predicted molar refractivity (Wildman–Crippen MR) is 98.8 cm³/mol. The number of ether oxygens (including phenoxy) is 1. The normalized spacial score (nSPS) is 21.5. The van der Waals surface area contributed by atoms with E-state index in [1.807, 2.05) is 10.7 Å². The lowest BCUT2D eigenvalue weighted by Crippen LogP contribution is -2.32. The molecule has 0 radical (unpaired) electrons. The van der Waals surface area contributed by atoms with Gasteiger partial charge in [0.25, 0.3) is 5.91 Å². The third kappa shape index (κ3) is 4.71. The zero-order valence-corrected chi connectivity index (χ0v) is 16.4. The molecule has 1 aliphatic heterocycles. The first-order chi connectivity index (χ1) is 10.5. The first kappa shape index (κ1) is 20.9. The topological polar surface area (TPSA) is 82.2 Å². The monoisotopic (exact) mass is 358 g/mol. The van der Waals surface area contributed by atoms with Gasteiger partial charge in [-0.1, -0.05) is 20.8 Å². The predicted octanol–water partition coefficient (Wildman–Crippen LogP) is 2.80. The molecule has 24 heavy (non-hydrogen) atoms. The Morgan fingerprint density at radius 3 is 2.42 bits per heavy atom. The number of nitrogens with one attached hydrogen (secondary N) is 1. The minimum absolute atomic E-state index is 0. The Labute approximate surface area is 150 Å². The van der Waals surface area contributed by atoms with Crippen LogP contribution in [0.4, 0.5) is 5.82 Å². The van der Waals surface area contributed by atoms with Crippen molar-refractivity contribution in [3.63, 3.8) is 0 Å². The van der Waals surface area contributed by atoms with Gasteiger partial charge >= 0.3 is 0 Å². The van der Waals surface area contributed by atoms with Gasteiger partial charge in [0.05, 0.1) is 17.3 Å². The maximum absolute atomic E-state index is 12.5. The number of nitrogens with two attached hydrogens (primary N) is 1. The summed E-state index contributed by atoms with van der Waals surface area (Å²) in [4.78, 5) is 12.5. The van der Waals surface area contributed by atoms with E-state index in [-0.39, 0.29) is 35.4 Å². The van der Waals surface area contributed by atoms with Crippen molar-refractivity contribution in [2.24, 2.45) is 5.73 Å². The average Bonchev–Trinajstić information content (AvgIpc) is 3.03. The van der Waals surface area contributed by atoms with E-state index in [2.05, 4.69) is 46.9 Å². The van der Waals surface area contributed by atoms with Gasteiger partial charge in [0.15, 0.2) is 0 Å². The number of halogens is 1. The van der Waals surface area contributed by atoms with Crippen molar-refractivity contribution in [3.8, 4) is 0 Å². The highest BCUT2D eigenvalue weighted by atomic mass is 35.5. The van der Waals surface area contributed by atoms with Crippen molar-refractivity contribution < 1.29 is 9.53 Å². The number of anilines is 1. The molecule has 7 heteroatoms. The Morgan fingerprint density at radius 1 is 1.33 bits per heavy atom. The Balaban J connectivity index is 0.00000288. The van der Waals surface area contributed by atoms with Crippen LogP contribution in [0.2, 0.25) is 0 Å². The number of carbonyl (C=O) groups is 1. The second-order valence-electron chi connectivity index (χ2n) is 8.30. The van der Waals surface area contributed by atoms with Gasteiger partial charge < -0.3 is 15.8 Å². The Morgan fingerprint density at radius 2 is 1.96 bits per heavy atom. The van der Waals surface area contributed by atoms with Gasteiger partial charge in [-0.05, 0) is 33.6 Å². The molecule has 0 bridgehead atoms. The van der Waals surface area contributed by atoms with Gasteiger partial charge in [-0.3, -0.25) is 4.79 Å². The zero-order valence-electron chi connectivity index (χ0n) is 15.5. The largest absolute Gasteiger partial charge is 0.364 e. The van der Waals surface area contributed by atoms with Crippen LogP contribution in [0.3, 0.4) is 0 Å². The SMILES string of the molecule is CC(C)(C)c1cc(NC(=O)[C@@H]2CC[C@H](CN)O2)n(C(C)(C)C)n1.Cl. The number of rotatable bonds is 3. The molecule has 1 aromatic rings. The van der Waals surface area contributed by atoms with Gasteiger partial charge in [0.1, 0.15) is 11.9 Å². The summed E-state index contributed by atoms with van der Waals surface area (Å²) in [6.07, 6.45) is 1.11. The fourth-order valence-electron chi connectivity index (χ4n) is 2.63. The summed E-state index contributed by atoms with van der Waals surface area (Å²) in [7, 11) is 0. The van der Waals surface area contributed by atoms with E-state index in [0.717, 1.165) is 12.1 Å². The summed E-state index contributed by atoms with van der Waals surface area (Å²) in [5, 5.41) is 7.70. The highest BCUT2D eigenvalue weighted by molar-refractivity contribution is 5.93. The molecular weight excluding hydrogens is 328 g/mol. The van der Waals surface area contributed by atoms with Crippen molar-refractivity contribution >= 4 is 24.1 Å². The molecular formula is C17H31ClN4O2. The molecule has 1 amide bonds. The second kappa shape index (κ2) is 7.42. The number of hydrogen-bond acceptors (Lipinski definition) is 4. The Hall–Kier alpha value is -1.11. The molecule has 3 N–H and O–H groups in total. The van der Waals surface area contributed by atoms with E-state index in [1.165, 1.54) is 0 Å². The van der Waals surface area contributed by atoms with Crippen LogP contribution in [0.1, 0.15) is 60.1 Å². The molecule has 0 saturated carbocycles. The molecule has 0 spiro atoms. The van der Waals surface area contributed by atoms with Crippen molar-refractivity contribution in [1.29, 1.82) is 0 Å². The van der Waals surface area contributed by atoms with E-state index in [4.69, 9.17) is 15.6 Å². The van der Waals surface area contributed by atoms with E-state index in [1.54, 1.807) is 0 Å². The number of amides is 1. The standard InChI is InChI=1S/C17H30N4O2.ClH/c1-16(2,3)13-9-14(21(20-13)17(4,5)6)19-15(22)12-8-7-11(10-18)23-12;/h9,11-12H,7-8,10,18H2,1-6H3,(H,19,22);1H/t11-,12+;/m1./s1. The van der Waals surface area contributed by atoms with Crippen LogP contribution in [0.5, 0.6) is 0 Å². The van der Waals surface area contributed by atoms with Crippen LogP contribution < -0.4 is 11.1 Å². The number of hydrogen-bond donors (Lipinski definition) is 2. The summed E-state index contributed by atoms with van der Waals surface area (Å²) in [6, 6.07) is 1.96. The van der Waals surface area contributed by atoms with Crippen molar-refractivity contribution in [2.75, 3.05) is 11.9 Å². The van der Waals surface area contributed by atoms with Crippen LogP contribution in [0, 0.1) is 0 Å². The summed E-state index contributed by atoms with van der Waals surface area (Å²) in [6.45, 7) is 13.0. The lowest BCUT2D eigenvalue weighted by molar-refractivity contribution is -0.126. The van der Waals surface area contributed by atoms with Gasteiger partial charge in [0, 0.05) is 18.0 Å². The van der Waals surface area contributed by atoms with E-state index in [9.17, 15) is 4.79 Å². The highest BCUT2D eigenvalue weighted by Crippen LogP contribution is 2.29. The third-order valence-corrected chi connectivity index (χ3v) is 4.03. The highest BCUT2D eigenvalue weighted by Gasteiger charge is 2.32. The molecule has 1 saturated heterocycles. The molecule has 0 unspecified atom stereocenters. The average molecular weight is 359 g/mol. The summed E-state index contributed by atoms with van der Waals surface area (Å²) < 4.78 is 7.55. The number of aromatic nitrogens is 2. The first-order valence-electron chi connectivity index (χ1n) is 8.30. The lowest BCUT2D eigenvalue weighted by atomic mass is 9.92. The van der Waals surface area contributed by atoms with Crippen molar-refractivity contribution in [2.45, 2.75) is 77.5 Å². The smallest absolute Gasteiger partial charge is 0.254 e. The molecule has 2 atom stereocenters. The third-order valence-electron chi connectivity index (χ3n) is 4.03. The Bertz CT molecular complexity index is 572.